The van der Waals surface area contributed by atoms with Crippen molar-refractivity contribution in [3.63, 3.8) is 0 Å². The predicted octanol–water partition coefficient (Wildman–Crippen LogP) is -0.571. The molecule has 0 amide bonds. The van der Waals surface area contributed by atoms with Crippen LogP contribution >= 0.6 is 0 Å². The molecule has 96 valence electrons. The molecule has 1 unspecified atom stereocenters. The smallest absolute Gasteiger partial charge is 0.341 e. The van der Waals surface area contributed by atoms with Crippen LogP contribution < -0.4 is 5.73 Å². The van der Waals surface area contributed by atoms with Gasteiger partial charge in [-0.05, 0) is 0 Å². The van der Waals surface area contributed by atoms with Crippen molar-refractivity contribution in [1.82, 2.24) is 19.8 Å². The first-order chi connectivity index (χ1) is 8.65. The molecule has 1 atom stereocenters. The van der Waals surface area contributed by atoms with Crippen LogP contribution in [-0.2, 0) is 0 Å². The topological polar surface area (TPSA) is 95.6 Å². The number of carbonyl (C=O) groups is 1. The molecule has 0 saturated carbocycles. The maximum atomic E-state index is 10.9. The van der Waals surface area contributed by atoms with Crippen LogP contribution in [0.1, 0.15) is 22.2 Å². The second-order valence-electron chi connectivity index (χ2n) is 4.68. The number of carboxylic acid groups (broad SMARTS) is 1. The number of aromatic nitrogens is 2. The van der Waals surface area contributed by atoms with Crippen molar-refractivity contribution in [2.75, 3.05) is 38.5 Å². The number of anilines is 1. The third-order valence-corrected chi connectivity index (χ3v) is 3.64. The average Bonchev–Trinajstić information content (AvgIpc) is 2.39. The monoisotopic (exact) mass is 249 g/mol. The highest BCUT2D eigenvalue weighted by atomic mass is 16.4. The molecule has 3 aliphatic rings. The highest BCUT2D eigenvalue weighted by Crippen LogP contribution is 2.27. The molecule has 0 aromatic carbocycles. The highest BCUT2D eigenvalue weighted by molar-refractivity contribution is 5.92. The van der Waals surface area contributed by atoms with E-state index in [0.29, 0.717) is 5.82 Å². The van der Waals surface area contributed by atoms with Crippen molar-refractivity contribution >= 4 is 11.8 Å². The minimum absolute atomic E-state index is 0.0324. The molecule has 7 nitrogen and oxygen atoms in total. The molecule has 0 aliphatic carbocycles. The Morgan fingerprint density at radius 3 is 2.61 bits per heavy atom. The largest absolute Gasteiger partial charge is 0.477 e. The van der Waals surface area contributed by atoms with E-state index in [1.807, 2.05) is 0 Å². The lowest BCUT2D eigenvalue weighted by molar-refractivity contribution is 0.00868. The molecule has 2 bridgehead atoms. The first kappa shape index (κ1) is 11.4. The Balaban J connectivity index is 1.89. The third kappa shape index (κ3) is 1.81. The van der Waals surface area contributed by atoms with Crippen molar-refractivity contribution in [1.29, 1.82) is 0 Å². The summed E-state index contributed by atoms with van der Waals surface area (Å²) in [5.41, 5.74) is 5.63. The molecule has 0 radical (unpaired) electrons. The van der Waals surface area contributed by atoms with Gasteiger partial charge in [0, 0.05) is 38.9 Å². The number of nitrogen functional groups attached to an aromatic ring is 1. The summed E-state index contributed by atoms with van der Waals surface area (Å²) in [7, 11) is 0. The summed E-state index contributed by atoms with van der Waals surface area (Å²) in [4.78, 5) is 23.9. The highest BCUT2D eigenvalue weighted by Gasteiger charge is 2.34. The Kier molecular flexibility index (Phi) is 2.64. The number of carboxylic acids is 1. The van der Waals surface area contributed by atoms with Crippen LogP contribution in [0.3, 0.4) is 0 Å². The van der Waals surface area contributed by atoms with Crippen LogP contribution in [0.5, 0.6) is 0 Å². The molecule has 3 saturated heterocycles. The van der Waals surface area contributed by atoms with Gasteiger partial charge in [0.1, 0.15) is 17.2 Å². The SMILES string of the molecule is Nc1nc(C2CN3CCN2CC3)ncc1C(=O)O. The molecular weight excluding hydrogens is 234 g/mol. The van der Waals surface area contributed by atoms with Crippen LogP contribution in [0.4, 0.5) is 5.82 Å². The minimum atomic E-state index is -1.09. The summed E-state index contributed by atoms with van der Waals surface area (Å²) in [6, 6.07) is 0.137. The average molecular weight is 249 g/mol. The van der Waals surface area contributed by atoms with E-state index in [1.165, 1.54) is 6.20 Å². The van der Waals surface area contributed by atoms with Gasteiger partial charge in [-0.2, -0.15) is 0 Å². The van der Waals surface area contributed by atoms with E-state index in [2.05, 4.69) is 19.8 Å². The second-order valence-corrected chi connectivity index (χ2v) is 4.68. The first-order valence-corrected chi connectivity index (χ1v) is 5.97. The zero-order valence-electron chi connectivity index (χ0n) is 9.91. The third-order valence-electron chi connectivity index (χ3n) is 3.64. The van der Waals surface area contributed by atoms with Gasteiger partial charge < -0.3 is 10.8 Å². The Labute approximate surface area is 104 Å². The molecule has 18 heavy (non-hydrogen) atoms. The van der Waals surface area contributed by atoms with Gasteiger partial charge in [0.15, 0.2) is 0 Å². The van der Waals surface area contributed by atoms with Crippen molar-refractivity contribution in [3.05, 3.63) is 17.6 Å². The van der Waals surface area contributed by atoms with Crippen LogP contribution in [0.15, 0.2) is 6.20 Å². The standard InChI is InChI=1S/C11H15N5O2/c12-9-7(11(17)18)5-13-10(14-9)8-6-15-1-3-16(8)4-2-15/h5,8H,1-4,6H2,(H,17,18)(H2,12,13,14). The number of rotatable bonds is 2. The van der Waals surface area contributed by atoms with E-state index in [0.717, 1.165) is 32.7 Å². The zero-order valence-corrected chi connectivity index (χ0v) is 9.91. The Morgan fingerprint density at radius 1 is 1.39 bits per heavy atom. The van der Waals surface area contributed by atoms with Crippen LogP contribution in [0, 0.1) is 0 Å². The second kappa shape index (κ2) is 4.18. The maximum absolute atomic E-state index is 10.9. The van der Waals surface area contributed by atoms with E-state index in [1.54, 1.807) is 0 Å². The van der Waals surface area contributed by atoms with Gasteiger partial charge in [0.05, 0.1) is 6.04 Å². The van der Waals surface area contributed by atoms with Gasteiger partial charge in [-0.15, -0.1) is 0 Å². The van der Waals surface area contributed by atoms with Crippen molar-refractivity contribution in [2.24, 2.45) is 0 Å². The van der Waals surface area contributed by atoms with Crippen molar-refractivity contribution < 1.29 is 9.90 Å². The summed E-state index contributed by atoms with van der Waals surface area (Å²) in [6.45, 7) is 5.08. The molecule has 3 N–H and O–H groups in total. The van der Waals surface area contributed by atoms with E-state index >= 15 is 0 Å². The van der Waals surface area contributed by atoms with Crippen LogP contribution in [-0.4, -0.2) is 63.6 Å². The van der Waals surface area contributed by atoms with Gasteiger partial charge in [-0.25, -0.2) is 14.8 Å². The zero-order chi connectivity index (χ0) is 12.7. The number of nitrogens with zero attached hydrogens (tertiary/aromatic N) is 4. The lowest BCUT2D eigenvalue weighted by atomic mass is 10.1. The first-order valence-electron chi connectivity index (χ1n) is 5.97. The molecule has 3 fully saturated rings. The Bertz CT molecular complexity index is 484. The summed E-state index contributed by atoms with van der Waals surface area (Å²) in [5, 5.41) is 8.89. The van der Waals surface area contributed by atoms with Crippen molar-refractivity contribution in [2.45, 2.75) is 6.04 Å². The molecule has 0 spiro atoms. The van der Waals surface area contributed by atoms with Gasteiger partial charge in [0.25, 0.3) is 0 Å². The molecule has 7 heteroatoms. The number of hydrogen-bond acceptors (Lipinski definition) is 6. The predicted molar refractivity (Wildman–Crippen MR) is 64.2 cm³/mol. The van der Waals surface area contributed by atoms with Gasteiger partial charge in [-0.3, -0.25) is 9.80 Å². The van der Waals surface area contributed by atoms with E-state index in [9.17, 15) is 4.79 Å². The molecule has 1 aromatic heterocycles. The Hall–Kier alpha value is -1.73. The molecule has 4 heterocycles. The van der Waals surface area contributed by atoms with Crippen LogP contribution in [0.2, 0.25) is 0 Å². The normalized spacial score (nSPS) is 30.3. The number of piperazine rings is 3. The number of fused-ring (bicyclic) bond motifs is 3. The fourth-order valence-corrected chi connectivity index (χ4v) is 2.60. The lowest BCUT2D eigenvalue weighted by Crippen LogP contribution is -2.57. The minimum Gasteiger partial charge on any atom is -0.477 e. The van der Waals surface area contributed by atoms with Crippen molar-refractivity contribution in [3.8, 4) is 0 Å². The van der Waals surface area contributed by atoms with E-state index in [4.69, 9.17) is 10.8 Å². The molecule has 1 aromatic rings. The van der Waals surface area contributed by atoms with Gasteiger partial charge in [-0.1, -0.05) is 0 Å². The lowest BCUT2D eigenvalue weighted by Gasteiger charge is -2.46. The van der Waals surface area contributed by atoms with E-state index < -0.39 is 5.97 Å². The number of hydrogen-bond donors (Lipinski definition) is 2. The van der Waals surface area contributed by atoms with Gasteiger partial charge in [0.2, 0.25) is 0 Å². The van der Waals surface area contributed by atoms with E-state index in [-0.39, 0.29) is 17.4 Å². The fraction of sp³-hybridized carbons (Fsp3) is 0.545. The maximum Gasteiger partial charge on any atom is 0.341 e. The molecule has 4 rings (SSSR count). The fourth-order valence-electron chi connectivity index (χ4n) is 2.60. The Morgan fingerprint density at radius 2 is 2.11 bits per heavy atom. The summed E-state index contributed by atoms with van der Waals surface area (Å²) < 4.78 is 0. The molecular formula is C11H15N5O2. The number of aromatic carboxylic acids is 1. The molecule has 3 aliphatic heterocycles. The van der Waals surface area contributed by atoms with Gasteiger partial charge >= 0.3 is 5.97 Å². The van der Waals surface area contributed by atoms with Crippen LogP contribution in [0.25, 0.3) is 0 Å². The summed E-state index contributed by atoms with van der Waals surface area (Å²) in [6.07, 6.45) is 1.30. The quantitative estimate of drug-likeness (QED) is 0.724. The summed E-state index contributed by atoms with van der Waals surface area (Å²) in [5.74, 6) is -0.416. The summed E-state index contributed by atoms with van der Waals surface area (Å²) >= 11 is 0. The number of nitrogens with two attached hydrogens (primary N) is 1.